The normalized spacial score (nSPS) is 10.6. The third kappa shape index (κ3) is 2.77. The number of rotatable bonds is 3. The number of hydrogen-bond donors (Lipinski definition) is 1. The smallest absolute Gasteiger partial charge is 0.342 e. The lowest BCUT2D eigenvalue weighted by molar-refractivity contribution is 0.0522. The average Bonchev–Trinajstić information content (AvgIpc) is 2.21. The molecule has 0 atom stereocenters. The topological polar surface area (TPSA) is 59.4 Å². The van der Waals surface area contributed by atoms with Crippen molar-refractivity contribution >= 4 is 28.6 Å². The van der Waals surface area contributed by atoms with Crippen LogP contribution in [0.2, 0.25) is 0 Å². The first-order chi connectivity index (χ1) is 7.47. The Morgan fingerprint density at radius 1 is 1.69 bits per heavy atom. The number of pyridine rings is 1. The minimum Gasteiger partial charge on any atom is -0.504 e. The van der Waals surface area contributed by atoms with Crippen molar-refractivity contribution in [2.45, 2.75) is 13.3 Å². The Kier molecular flexibility index (Phi) is 4.39. The van der Waals surface area contributed by atoms with E-state index in [1.54, 1.807) is 29.5 Å². The monoisotopic (exact) mass is 343 g/mol. The number of ether oxygens (including phenoxy) is 1. The van der Waals surface area contributed by atoms with E-state index in [4.69, 9.17) is 0 Å². The highest BCUT2D eigenvalue weighted by molar-refractivity contribution is 14.1. The number of nitrogens with zero attached hydrogens (tertiary/aromatic N) is 1. The van der Waals surface area contributed by atoms with Crippen LogP contribution in [0.5, 0.6) is 5.75 Å². The fraction of sp³-hybridized carbons (Fsp3) is 0.333. The number of alkyl halides is 2. The standard InChI is InChI=1S/C9H8F2INO3/c1-2-16-9(15)4-3-5(7(10)11)13-8(12)6(4)14/h3,7,14H,2H2,1H3. The van der Waals surface area contributed by atoms with Crippen molar-refractivity contribution in [3.63, 3.8) is 0 Å². The maximum atomic E-state index is 12.4. The van der Waals surface area contributed by atoms with E-state index in [1.165, 1.54) is 0 Å². The van der Waals surface area contributed by atoms with Gasteiger partial charge < -0.3 is 9.84 Å². The van der Waals surface area contributed by atoms with Crippen LogP contribution in [0.4, 0.5) is 8.78 Å². The lowest BCUT2D eigenvalue weighted by Crippen LogP contribution is -2.08. The molecule has 0 bridgehead atoms. The Balaban J connectivity index is 3.21. The van der Waals surface area contributed by atoms with E-state index >= 15 is 0 Å². The van der Waals surface area contributed by atoms with Crippen molar-refractivity contribution in [1.29, 1.82) is 0 Å². The lowest BCUT2D eigenvalue weighted by atomic mass is 10.2. The van der Waals surface area contributed by atoms with Gasteiger partial charge in [0.15, 0.2) is 5.75 Å². The molecule has 4 nitrogen and oxygen atoms in total. The largest absolute Gasteiger partial charge is 0.504 e. The van der Waals surface area contributed by atoms with Crippen LogP contribution in [0.3, 0.4) is 0 Å². The molecule has 1 N–H and O–H groups in total. The Morgan fingerprint density at radius 2 is 2.31 bits per heavy atom. The van der Waals surface area contributed by atoms with Crippen molar-refractivity contribution in [3.8, 4) is 5.75 Å². The fourth-order valence-electron chi connectivity index (χ4n) is 1.00. The molecule has 0 amide bonds. The second-order valence-electron chi connectivity index (χ2n) is 2.76. The molecule has 7 heteroatoms. The zero-order valence-corrected chi connectivity index (χ0v) is 10.4. The van der Waals surface area contributed by atoms with Gasteiger partial charge in [-0.3, -0.25) is 0 Å². The van der Waals surface area contributed by atoms with Crippen LogP contribution in [0.1, 0.15) is 29.4 Å². The number of carbonyl (C=O) groups excluding carboxylic acids is 1. The molecule has 1 heterocycles. The third-order valence-corrected chi connectivity index (χ3v) is 2.44. The summed E-state index contributed by atoms with van der Waals surface area (Å²) in [5.74, 6) is -1.29. The first-order valence-corrected chi connectivity index (χ1v) is 5.40. The van der Waals surface area contributed by atoms with E-state index in [-0.39, 0.29) is 15.9 Å². The van der Waals surface area contributed by atoms with Gasteiger partial charge in [0.05, 0.1) is 6.61 Å². The van der Waals surface area contributed by atoms with E-state index in [0.717, 1.165) is 6.07 Å². The molecular weight excluding hydrogens is 335 g/mol. The molecule has 0 aromatic carbocycles. The van der Waals surface area contributed by atoms with Gasteiger partial charge in [-0.25, -0.2) is 18.6 Å². The molecule has 88 valence electrons. The third-order valence-electron chi connectivity index (χ3n) is 1.69. The first kappa shape index (κ1) is 13.1. The van der Waals surface area contributed by atoms with E-state index in [1.807, 2.05) is 0 Å². The molecule has 0 radical (unpaired) electrons. The SMILES string of the molecule is CCOC(=O)c1cc(C(F)F)nc(I)c1O. The minimum absolute atomic E-state index is 0.0570. The van der Waals surface area contributed by atoms with Gasteiger partial charge >= 0.3 is 5.97 Å². The summed E-state index contributed by atoms with van der Waals surface area (Å²) in [6.45, 7) is 1.68. The van der Waals surface area contributed by atoms with Crippen LogP contribution in [0, 0.1) is 3.70 Å². The number of hydrogen-bond acceptors (Lipinski definition) is 4. The van der Waals surface area contributed by atoms with Crippen LogP contribution in [-0.4, -0.2) is 22.7 Å². The molecule has 0 fully saturated rings. The van der Waals surface area contributed by atoms with Crippen molar-refractivity contribution < 1.29 is 23.4 Å². The summed E-state index contributed by atoms with van der Waals surface area (Å²) < 4.78 is 29.4. The number of carbonyl (C=O) groups is 1. The zero-order chi connectivity index (χ0) is 12.3. The highest BCUT2D eigenvalue weighted by Crippen LogP contribution is 2.28. The van der Waals surface area contributed by atoms with Crippen molar-refractivity contribution in [3.05, 3.63) is 21.0 Å². The van der Waals surface area contributed by atoms with Crippen LogP contribution in [0.15, 0.2) is 6.07 Å². The highest BCUT2D eigenvalue weighted by Gasteiger charge is 2.20. The minimum atomic E-state index is -2.80. The molecule has 0 aliphatic rings. The van der Waals surface area contributed by atoms with Crippen molar-refractivity contribution in [2.24, 2.45) is 0 Å². The molecule has 16 heavy (non-hydrogen) atoms. The summed E-state index contributed by atoms with van der Waals surface area (Å²) in [6, 6.07) is 0.833. The van der Waals surface area contributed by atoms with Gasteiger partial charge in [-0.1, -0.05) is 0 Å². The number of esters is 1. The molecule has 0 saturated carbocycles. The van der Waals surface area contributed by atoms with Gasteiger partial charge in [0.25, 0.3) is 6.43 Å². The molecule has 0 unspecified atom stereocenters. The van der Waals surface area contributed by atoms with E-state index in [2.05, 4.69) is 9.72 Å². The Labute approximate surface area is 104 Å². The van der Waals surface area contributed by atoms with E-state index < -0.39 is 23.8 Å². The summed E-state index contributed by atoms with van der Waals surface area (Å²) in [5, 5.41) is 9.49. The first-order valence-electron chi connectivity index (χ1n) is 4.32. The Morgan fingerprint density at radius 3 is 2.81 bits per heavy atom. The van der Waals surface area contributed by atoms with Gasteiger partial charge in [0.2, 0.25) is 0 Å². The van der Waals surface area contributed by atoms with Crippen LogP contribution in [0.25, 0.3) is 0 Å². The summed E-state index contributed by atoms with van der Waals surface area (Å²) in [6.07, 6.45) is -2.80. The Bertz CT molecular complexity index is 412. The summed E-state index contributed by atoms with van der Waals surface area (Å²) in [5.41, 5.74) is -0.859. The van der Waals surface area contributed by atoms with Crippen LogP contribution in [-0.2, 0) is 4.74 Å². The molecular formula is C9H8F2INO3. The number of aromatic nitrogens is 1. The highest BCUT2D eigenvalue weighted by atomic mass is 127. The Hall–Kier alpha value is -0.990. The molecule has 1 aromatic rings. The van der Waals surface area contributed by atoms with E-state index in [0.29, 0.717) is 0 Å². The maximum Gasteiger partial charge on any atom is 0.342 e. The second kappa shape index (κ2) is 5.37. The van der Waals surface area contributed by atoms with Gasteiger partial charge in [-0.2, -0.15) is 0 Å². The zero-order valence-electron chi connectivity index (χ0n) is 8.21. The second-order valence-corrected chi connectivity index (χ2v) is 3.78. The predicted octanol–water partition coefficient (Wildman–Crippen LogP) is 2.51. The van der Waals surface area contributed by atoms with Crippen LogP contribution >= 0.6 is 22.6 Å². The van der Waals surface area contributed by atoms with Gasteiger partial charge in [0, 0.05) is 0 Å². The fourth-order valence-corrected chi connectivity index (χ4v) is 1.57. The lowest BCUT2D eigenvalue weighted by Gasteiger charge is -2.07. The summed E-state index contributed by atoms with van der Waals surface area (Å²) >= 11 is 1.57. The molecule has 0 aliphatic carbocycles. The molecule has 0 saturated heterocycles. The average molecular weight is 343 g/mol. The quantitative estimate of drug-likeness (QED) is 0.521. The maximum absolute atomic E-state index is 12.4. The predicted molar refractivity (Wildman–Crippen MR) is 59.5 cm³/mol. The van der Waals surface area contributed by atoms with Gasteiger partial charge in [-0.15, -0.1) is 0 Å². The van der Waals surface area contributed by atoms with E-state index in [9.17, 15) is 18.7 Å². The number of aromatic hydroxyl groups is 1. The van der Waals surface area contributed by atoms with Crippen molar-refractivity contribution in [1.82, 2.24) is 4.98 Å². The molecule has 0 spiro atoms. The molecule has 0 aliphatic heterocycles. The van der Waals surface area contributed by atoms with Gasteiger partial charge in [-0.05, 0) is 35.6 Å². The van der Waals surface area contributed by atoms with Crippen LogP contribution < -0.4 is 0 Å². The molecule has 1 rings (SSSR count). The van der Waals surface area contributed by atoms with Crippen molar-refractivity contribution in [2.75, 3.05) is 6.61 Å². The summed E-state index contributed by atoms with van der Waals surface area (Å²) in [4.78, 5) is 14.8. The summed E-state index contributed by atoms with van der Waals surface area (Å²) in [7, 11) is 0. The number of halogens is 3. The molecule has 1 aromatic heterocycles. The van der Waals surface area contributed by atoms with Gasteiger partial charge in [0.1, 0.15) is 15.0 Å².